The van der Waals surface area contributed by atoms with E-state index in [9.17, 15) is 30.0 Å². The number of ether oxygens (including phenoxy) is 4. The van der Waals surface area contributed by atoms with E-state index < -0.39 is 55.4 Å². The van der Waals surface area contributed by atoms with Crippen LogP contribution in [0.1, 0.15) is 162 Å². The first-order valence-electron chi connectivity index (χ1n) is 21.9. The third kappa shape index (κ3) is 27.9. The molecule has 1 aliphatic heterocycles. The maximum Gasteiger partial charge on any atom is 0.306 e. The van der Waals surface area contributed by atoms with E-state index in [0.717, 1.165) is 96.3 Å². The molecule has 0 amide bonds. The van der Waals surface area contributed by atoms with E-state index in [1.165, 1.54) is 25.7 Å². The molecular weight excluding hydrogens is 712 g/mol. The first-order chi connectivity index (χ1) is 27.3. The minimum Gasteiger partial charge on any atom is -0.462 e. The molecule has 1 fully saturated rings. The molecule has 6 atom stereocenters. The van der Waals surface area contributed by atoms with Crippen LogP contribution in [0.5, 0.6) is 0 Å². The Bertz CT molecular complexity index is 1100. The Morgan fingerprint density at radius 1 is 0.571 bits per heavy atom. The van der Waals surface area contributed by atoms with Crippen LogP contribution in [0.2, 0.25) is 0 Å². The minimum absolute atomic E-state index is 0.211. The fourth-order valence-corrected chi connectivity index (χ4v) is 6.17. The van der Waals surface area contributed by atoms with Crippen LogP contribution in [-0.2, 0) is 28.5 Å². The van der Waals surface area contributed by atoms with E-state index in [2.05, 4.69) is 74.6 Å². The number of aliphatic hydroxyl groups excluding tert-OH is 4. The number of carbonyl (C=O) groups is 2. The van der Waals surface area contributed by atoms with Gasteiger partial charge in [-0.3, -0.25) is 9.59 Å². The van der Waals surface area contributed by atoms with Crippen LogP contribution in [0, 0.1) is 0 Å². The van der Waals surface area contributed by atoms with Crippen LogP contribution in [0.15, 0.2) is 60.8 Å². The lowest BCUT2D eigenvalue weighted by atomic mass is 9.99. The Balaban J connectivity index is 2.37. The van der Waals surface area contributed by atoms with Crippen molar-refractivity contribution < 1.29 is 49.0 Å². The zero-order valence-electron chi connectivity index (χ0n) is 34.9. The molecule has 4 N–H and O–H groups in total. The molecule has 0 aliphatic carbocycles. The van der Waals surface area contributed by atoms with Crippen molar-refractivity contribution in [3.63, 3.8) is 0 Å². The van der Waals surface area contributed by atoms with Gasteiger partial charge in [-0.15, -0.1) is 0 Å². The van der Waals surface area contributed by atoms with Gasteiger partial charge in [0, 0.05) is 12.8 Å². The van der Waals surface area contributed by atoms with Gasteiger partial charge >= 0.3 is 11.9 Å². The molecule has 1 rings (SSSR count). The second-order valence-corrected chi connectivity index (χ2v) is 14.8. The number of aliphatic hydroxyl groups is 4. The molecule has 56 heavy (non-hydrogen) atoms. The number of hydrogen-bond donors (Lipinski definition) is 4. The maximum absolute atomic E-state index is 12.8. The van der Waals surface area contributed by atoms with Gasteiger partial charge in [0.25, 0.3) is 0 Å². The summed E-state index contributed by atoms with van der Waals surface area (Å²) in [4.78, 5) is 25.3. The highest BCUT2D eigenvalue weighted by atomic mass is 16.7. The Kier molecular flexibility index (Phi) is 33.7. The summed E-state index contributed by atoms with van der Waals surface area (Å²) in [5, 5.41) is 40.0. The number of rotatable bonds is 35. The summed E-state index contributed by atoms with van der Waals surface area (Å²) in [5.41, 5.74) is 0. The average Bonchev–Trinajstić information content (AvgIpc) is 3.19. The Morgan fingerprint density at radius 2 is 1.05 bits per heavy atom. The summed E-state index contributed by atoms with van der Waals surface area (Å²) in [6.45, 7) is 3.24. The van der Waals surface area contributed by atoms with Gasteiger partial charge in [0.05, 0.1) is 13.2 Å². The highest BCUT2D eigenvalue weighted by molar-refractivity contribution is 5.70. The number of esters is 2. The van der Waals surface area contributed by atoms with E-state index in [1.54, 1.807) is 0 Å². The van der Waals surface area contributed by atoms with Crippen LogP contribution in [0.3, 0.4) is 0 Å². The topological polar surface area (TPSA) is 152 Å². The molecule has 322 valence electrons. The van der Waals surface area contributed by atoms with Crippen LogP contribution >= 0.6 is 0 Å². The Labute approximate surface area is 339 Å². The second kappa shape index (κ2) is 36.7. The summed E-state index contributed by atoms with van der Waals surface area (Å²) >= 11 is 0. The zero-order chi connectivity index (χ0) is 40.9. The molecule has 0 bridgehead atoms. The van der Waals surface area contributed by atoms with Crippen LogP contribution in [0.25, 0.3) is 0 Å². The normalized spacial score (nSPS) is 21.0. The van der Waals surface area contributed by atoms with Gasteiger partial charge in [-0.1, -0.05) is 132 Å². The molecule has 10 heteroatoms. The maximum atomic E-state index is 12.8. The van der Waals surface area contributed by atoms with Gasteiger partial charge in [-0.2, -0.15) is 0 Å². The third-order valence-electron chi connectivity index (χ3n) is 9.64. The van der Waals surface area contributed by atoms with Gasteiger partial charge in [0.15, 0.2) is 12.4 Å². The van der Waals surface area contributed by atoms with Gasteiger partial charge in [0.1, 0.15) is 31.0 Å². The molecule has 0 aromatic carbocycles. The van der Waals surface area contributed by atoms with E-state index in [0.29, 0.717) is 12.8 Å². The predicted molar refractivity (Wildman–Crippen MR) is 224 cm³/mol. The van der Waals surface area contributed by atoms with Gasteiger partial charge in [0.2, 0.25) is 0 Å². The summed E-state index contributed by atoms with van der Waals surface area (Å²) in [6.07, 6.45) is 36.5. The fraction of sp³-hybridized carbons (Fsp3) is 0.739. The quantitative estimate of drug-likeness (QED) is 0.0278. The standard InChI is InChI=1S/C46H78O10/c1-3-5-7-9-11-13-15-17-19-21-23-25-27-29-31-33-35-42(49)55-39(38-54-46-45(52)44(51)43(50)40(36-47)56-46)37-53-41(48)34-32-30-28-26-24-22-20-18-16-14-12-10-8-6-4-2/h6,8,11-14,17-20,39-40,43-47,50-52H,3-5,7,9-10,15-16,21-38H2,1-2H3/b8-6-,13-11-,14-12-,19-17-,20-18-/t39-,40-,43+,44+,45-,46-/m1/s1. The predicted octanol–water partition coefficient (Wildman–Crippen LogP) is 9.05. The molecule has 1 aliphatic rings. The molecular formula is C46H78O10. The third-order valence-corrected chi connectivity index (χ3v) is 9.64. The van der Waals surface area contributed by atoms with E-state index in [4.69, 9.17) is 18.9 Å². The lowest BCUT2D eigenvalue weighted by Gasteiger charge is -2.39. The zero-order valence-corrected chi connectivity index (χ0v) is 34.9. The highest BCUT2D eigenvalue weighted by Gasteiger charge is 2.44. The molecule has 10 nitrogen and oxygen atoms in total. The molecule has 1 saturated heterocycles. The summed E-state index contributed by atoms with van der Waals surface area (Å²) in [7, 11) is 0. The SMILES string of the molecule is CC/C=C\C/C=C\C/C=C\CCCCCCCC(=O)OC[C@H](CO[C@@H]1O[C@H](CO)[C@H](O)[C@H](O)[C@H]1O)OC(=O)CCCCCCCC/C=C\C/C=C\CCCCC. The largest absolute Gasteiger partial charge is 0.462 e. The molecule has 0 spiro atoms. The Hall–Kier alpha value is -2.60. The van der Waals surface area contributed by atoms with Crippen molar-refractivity contribution in [2.45, 2.75) is 198 Å². The van der Waals surface area contributed by atoms with Gasteiger partial charge in [-0.05, 0) is 77.0 Å². The first-order valence-corrected chi connectivity index (χ1v) is 21.9. The van der Waals surface area contributed by atoms with Crippen molar-refractivity contribution >= 4 is 11.9 Å². The van der Waals surface area contributed by atoms with Crippen LogP contribution < -0.4 is 0 Å². The van der Waals surface area contributed by atoms with Crippen molar-refractivity contribution in [2.75, 3.05) is 19.8 Å². The fourth-order valence-electron chi connectivity index (χ4n) is 6.17. The van der Waals surface area contributed by atoms with Gasteiger partial charge in [-0.25, -0.2) is 0 Å². The highest BCUT2D eigenvalue weighted by Crippen LogP contribution is 2.22. The summed E-state index contributed by atoms with van der Waals surface area (Å²) < 4.78 is 22.1. The molecule has 0 aromatic rings. The van der Waals surface area contributed by atoms with Crippen molar-refractivity contribution in [3.8, 4) is 0 Å². The first kappa shape index (κ1) is 51.4. The summed E-state index contributed by atoms with van der Waals surface area (Å²) in [6, 6.07) is 0. The Morgan fingerprint density at radius 3 is 1.59 bits per heavy atom. The number of carbonyl (C=O) groups excluding carboxylic acids is 2. The summed E-state index contributed by atoms with van der Waals surface area (Å²) in [5.74, 6) is -0.843. The van der Waals surface area contributed by atoms with Crippen molar-refractivity contribution in [3.05, 3.63) is 60.8 Å². The number of unbranched alkanes of at least 4 members (excludes halogenated alkanes) is 14. The van der Waals surface area contributed by atoms with E-state index in [-0.39, 0.29) is 26.1 Å². The van der Waals surface area contributed by atoms with Crippen molar-refractivity contribution in [1.82, 2.24) is 0 Å². The monoisotopic (exact) mass is 791 g/mol. The van der Waals surface area contributed by atoms with Crippen LogP contribution in [-0.4, -0.2) is 89.0 Å². The van der Waals surface area contributed by atoms with Crippen molar-refractivity contribution in [2.24, 2.45) is 0 Å². The van der Waals surface area contributed by atoms with Gasteiger partial charge < -0.3 is 39.4 Å². The lowest BCUT2D eigenvalue weighted by Crippen LogP contribution is -2.59. The number of hydrogen-bond acceptors (Lipinski definition) is 10. The smallest absolute Gasteiger partial charge is 0.306 e. The van der Waals surface area contributed by atoms with Crippen molar-refractivity contribution in [1.29, 1.82) is 0 Å². The lowest BCUT2D eigenvalue weighted by molar-refractivity contribution is -0.305. The molecule has 0 unspecified atom stereocenters. The van der Waals surface area contributed by atoms with Crippen LogP contribution in [0.4, 0.5) is 0 Å². The van der Waals surface area contributed by atoms with E-state index in [1.807, 2.05) is 0 Å². The molecule has 0 radical (unpaired) electrons. The molecule has 0 aromatic heterocycles. The average molecular weight is 791 g/mol. The molecule has 1 heterocycles. The molecule has 0 saturated carbocycles. The van der Waals surface area contributed by atoms with E-state index >= 15 is 0 Å². The second-order valence-electron chi connectivity index (χ2n) is 14.8. The number of allylic oxidation sites excluding steroid dienone is 10. The minimum atomic E-state index is -1.60.